The molecule has 20 nitrogen and oxygen atoms in total. The Hall–Kier alpha value is -6.09. The molecule has 2 aromatic carbocycles. The Morgan fingerprint density at radius 2 is 1.09 bits per heavy atom. The fraction of sp³-hybridized carbons (Fsp3) is 0.571. The van der Waals surface area contributed by atoms with E-state index in [-0.39, 0.29) is 121 Å². The number of phenolic OH excluding ortho intramolecular Hbond substituents is 1. The molecule has 69 heavy (non-hydrogen) atoms. The van der Waals surface area contributed by atoms with Gasteiger partial charge in [-0.05, 0) is 60.9 Å². The van der Waals surface area contributed by atoms with Crippen LogP contribution in [-0.2, 0) is 62.5 Å². The maximum Gasteiger partial charge on any atom is 0.317 e. The monoisotopic (exact) mass is 966 g/mol. The van der Waals surface area contributed by atoms with Gasteiger partial charge in [0.05, 0.1) is 32.2 Å². The summed E-state index contributed by atoms with van der Waals surface area (Å²) in [7, 11) is 0. The number of Topliss-reactive ketones (excluding diaryl/α,β-unsaturated/α-hetero) is 3. The highest BCUT2D eigenvalue weighted by atomic mass is 16.4. The van der Waals surface area contributed by atoms with E-state index in [4.69, 9.17) is 5.73 Å². The van der Waals surface area contributed by atoms with E-state index in [0.717, 1.165) is 16.7 Å². The van der Waals surface area contributed by atoms with Crippen LogP contribution in [0.5, 0.6) is 5.75 Å². The van der Waals surface area contributed by atoms with Crippen LogP contribution in [-0.4, -0.2) is 178 Å². The van der Waals surface area contributed by atoms with Crippen molar-refractivity contribution in [1.29, 1.82) is 0 Å². The fourth-order valence-electron chi connectivity index (χ4n) is 8.13. The summed E-state index contributed by atoms with van der Waals surface area (Å²) in [6.07, 6.45) is 0.840. The van der Waals surface area contributed by atoms with Gasteiger partial charge < -0.3 is 41.6 Å². The normalized spacial score (nSPS) is 16.4. The topological polar surface area (TPSA) is 298 Å². The molecule has 0 bridgehead atoms. The molecule has 4 atom stereocenters. The van der Waals surface area contributed by atoms with Gasteiger partial charge in [0.1, 0.15) is 17.3 Å². The molecule has 0 spiro atoms. The second kappa shape index (κ2) is 29.7. The van der Waals surface area contributed by atoms with Crippen LogP contribution in [0.2, 0.25) is 0 Å². The molecular weight excluding hydrogens is 895 g/mol. The van der Waals surface area contributed by atoms with Crippen LogP contribution in [0.4, 0.5) is 0 Å². The van der Waals surface area contributed by atoms with Crippen LogP contribution < -0.4 is 16.4 Å². The molecule has 1 unspecified atom stereocenters. The first-order valence-electron chi connectivity index (χ1n) is 23.5. The summed E-state index contributed by atoms with van der Waals surface area (Å²) >= 11 is 0. The Balaban J connectivity index is 1.62. The number of hydrogen-bond acceptors (Lipinski definition) is 14. The highest BCUT2D eigenvalue weighted by molar-refractivity contribution is 5.94. The molecule has 0 saturated carbocycles. The maximum absolute atomic E-state index is 13.9. The summed E-state index contributed by atoms with van der Waals surface area (Å²) in [5.74, 6) is -7.39. The SMILES string of the molecule is CCC(C)[C@H](NC(=O)[C@@H](CC(C)=O)Cc1ccc(O)cc1)C(=O)C[C@@H](CCC(N)=O)C(=O)NCc1ccc(CCC(=O)CN2CCN(CC(=O)O)CCN(CC(=O)O)CCN(CC(=O)O)CC2)cc1. The van der Waals surface area contributed by atoms with Crippen molar-refractivity contribution in [3.05, 3.63) is 65.2 Å². The molecule has 0 radical (unpaired) electrons. The Bertz CT molecular complexity index is 2020. The molecule has 0 aromatic heterocycles. The van der Waals surface area contributed by atoms with E-state index in [1.54, 1.807) is 45.9 Å². The van der Waals surface area contributed by atoms with Crippen LogP contribution in [0.1, 0.15) is 76.0 Å². The highest BCUT2D eigenvalue weighted by Gasteiger charge is 2.33. The van der Waals surface area contributed by atoms with Crippen molar-refractivity contribution in [1.82, 2.24) is 30.2 Å². The molecule has 380 valence electrons. The number of carboxylic acids is 3. The zero-order valence-corrected chi connectivity index (χ0v) is 40.1. The van der Waals surface area contributed by atoms with E-state index < -0.39 is 59.3 Å². The zero-order valence-electron chi connectivity index (χ0n) is 40.1. The largest absolute Gasteiger partial charge is 0.508 e. The molecule has 0 aliphatic carbocycles. The van der Waals surface area contributed by atoms with E-state index in [0.29, 0.717) is 39.0 Å². The number of amides is 3. The van der Waals surface area contributed by atoms with E-state index in [1.807, 2.05) is 24.0 Å². The zero-order chi connectivity index (χ0) is 51.0. The second-order valence-corrected chi connectivity index (χ2v) is 18.1. The van der Waals surface area contributed by atoms with Gasteiger partial charge in [-0.3, -0.25) is 58.0 Å². The third-order valence-corrected chi connectivity index (χ3v) is 12.3. The van der Waals surface area contributed by atoms with Gasteiger partial charge >= 0.3 is 17.9 Å². The number of nitrogens with one attached hydrogen (secondary N) is 2. The van der Waals surface area contributed by atoms with Gasteiger partial charge in [0.25, 0.3) is 0 Å². The van der Waals surface area contributed by atoms with Crippen molar-refractivity contribution >= 4 is 53.0 Å². The van der Waals surface area contributed by atoms with Crippen molar-refractivity contribution < 1.29 is 63.6 Å². The van der Waals surface area contributed by atoms with Gasteiger partial charge in [-0.1, -0.05) is 56.7 Å². The smallest absolute Gasteiger partial charge is 0.317 e. The molecule has 1 aliphatic heterocycles. The number of carbonyl (C=O) groups excluding carboxylic acids is 6. The number of carboxylic acid groups (broad SMARTS) is 3. The lowest BCUT2D eigenvalue weighted by atomic mass is 9.86. The summed E-state index contributed by atoms with van der Waals surface area (Å²) in [5, 5.41) is 43.8. The van der Waals surface area contributed by atoms with Crippen molar-refractivity contribution in [2.75, 3.05) is 78.5 Å². The molecule has 2 aromatic rings. The van der Waals surface area contributed by atoms with E-state index >= 15 is 0 Å². The van der Waals surface area contributed by atoms with Crippen molar-refractivity contribution in [2.24, 2.45) is 23.5 Å². The van der Waals surface area contributed by atoms with Crippen LogP contribution in [0.3, 0.4) is 0 Å². The van der Waals surface area contributed by atoms with Gasteiger partial charge in [-0.15, -0.1) is 0 Å². The van der Waals surface area contributed by atoms with Crippen molar-refractivity contribution in [3.63, 3.8) is 0 Å². The number of aromatic hydroxyl groups is 1. The number of carbonyl (C=O) groups is 9. The molecule has 8 N–H and O–H groups in total. The summed E-state index contributed by atoms with van der Waals surface area (Å²) in [6.45, 7) is 6.73. The van der Waals surface area contributed by atoms with Gasteiger partial charge in [0.15, 0.2) is 5.78 Å². The van der Waals surface area contributed by atoms with E-state index in [2.05, 4.69) is 10.6 Å². The van der Waals surface area contributed by atoms with E-state index in [1.165, 1.54) is 19.1 Å². The maximum atomic E-state index is 13.9. The van der Waals surface area contributed by atoms with Crippen LogP contribution >= 0.6 is 0 Å². The van der Waals surface area contributed by atoms with Crippen LogP contribution in [0.25, 0.3) is 0 Å². The third kappa shape index (κ3) is 22.7. The van der Waals surface area contributed by atoms with Gasteiger partial charge in [0.2, 0.25) is 17.7 Å². The predicted molar refractivity (Wildman–Crippen MR) is 254 cm³/mol. The minimum Gasteiger partial charge on any atom is -0.508 e. The number of phenols is 1. The first-order valence-corrected chi connectivity index (χ1v) is 23.5. The molecule has 1 aliphatic rings. The Kier molecular flexibility index (Phi) is 24.7. The van der Waals surface area contributed by atoms with E-state index in [9.17, 15) is 63.6 Å². The Morgan fingerprint density at radius 1 is 0.623 bits per heavy atom. The first-order chi connectivity index (χ1) is 32.7. The second-order valence-electron chi connectivity index (χ2n) is 18.1. The van der Waals surface area contributed by atoms with Gasteiger partial charge in [0, 0.05) is 96.4 Å². The molecule has 20 heteroatoms. The number of aliphatic carboxylic acids is 3. The number of primary amides is 1. The minimum atomic E-state index is -1.05. The molecular formula is C49H71N7O13. The number of ketones is 3. The minimum absolute atomic E-state index is 0.000801. The lowest BCUT2D eigenvalue weighted by Gasteiger charge is -2.32. The van der Waals surface area contributed by atoms with Crippen molar-refractivity contribution in [2.45, 2.75) is 84.7 Å². The summed E-state index contributed by atoms with van der Waals surface area (Å²) < 4.78 is 0. The fourth-order valence-corrected chi connectivity index (χ4v) is 8.13. The Labute approximate surface area is 403 Å². The van der Waals surface area contributed by atoms with Crippen LogP contribution in [0, 0.1) is 17.8 Å². The summed E-state index contributed by atoms with van der Waals surface area (Å²) in [4.78, 5) is 120. The number of aryl methyl sites for hydroxylation is 1. The molecule has 1 fully saturated rings. The summed E-state index contributed by atoms with van der Waals surface area (Å²) in [6, 6.07) is 12.6. The van der Waals surface area contributed by atoms with Gasteiger partial charge in [-0.2, -0.15) is 0 Å². The van der Waals surface area contributed by atoms with Crippen molar-refractivity contribution in [3.8, 4) is 5.75 Å². The average molecular weight is 966 g/mol. The third-order valence-electron chi connectivity index (χ3n) is 12.3. The molecule has 1 heterocycles. The number of benzene rings is 2. The summed E-state index contributed by atoms with van der Waals surface area (Å²) in [5.41, 5.74) is 7.75. The Morgan fingerprint density at radius 3 is 1.54 bits per heavy atom. The number of nitrogens with zero attached hydrogens (tertiary/aromatic N) is 4. The standard InChI is InChI=1S/C49H71N7O13/c1-4-33(2)47(52-49(69)39(25-34(3)57)26-36-10-13-40(58)14-11-36)42(60)27-38(12-16-43(50)61)48(68)51-28-37-7-5-35(6-8-37)9-15-41(59)29-53-17-19-54(30-44(62)63)21-23-56(32-46(66)67)24-22-55(20-18-53)31-45(64)65/h5-8,10-11,13-14,33,38-39,47,58H,4,9,12,15-32H2,1-3H3,(H2,50,61)(H,51,68)(H,52,69)(H,62,63)(H,64,65)(H,66,67)/t33?,38-,39+,47+/m1/s1. The number of hydrogen-bond donors (Lipinski definition) is 7. The molecule has 3 amide bonds. The number of rotatable bonds is 28. The highest BCUT2D eigenvalue weighted by Crippen LogP contribution is 2.21. The predicted octanol–water partition coefficient (Wildman–Crippen LogP) is 1.20. The first kappa shape index (κ1) is 57.2. The molecule has 1 saturated heterocycles. The number of nitrogens with two attached hydrogens (primary N) is 1. The van der Waals surface area contributed by atoms with Crippen LogP contribution in [0.15, 0.2) is 48.5 Å². The molecule has 3 rings (SSSR count). The van der Waals surface area contributed by atoms with Gasteiger partial charge in [-0.25, -0.2) is 0 Å². The quantitative estimate of drug-likeness (QED) is 0.0630. The lowest BCUT2D eigenvalue weighted by molar-refractivity contribution is -0.140. The lowest BCUT2D eigenvalue weighted by Crippen LogP contribution is -2.49. The average Bonchev–Trinajstić information content (AvgIpc) is 3.28.